The van der Waals surface area contributed by atoms with E-state index in [2.05, 4.69) is 24.0 Å². The van der Waals surface area contributed by atoms with Crippen molar-refractivity contribution in [1.29, 1.82) is 0 Å². The Labute approximate surface area is 138 Å². The van der Waals surface area contributed by atoms with Crippen LogP contribution in [0.3, 0.4) is 0 Å². The molecule has 1 unspecified atom stereocenters. The molecule has 122 valence electrons. The minimum absolute atomic E-state index is 0. The first-order chi connectivity index (χ1) is 10.3. The number of rotatable bonds is 7. The number of nitrogens with one attached hydrogen (secondary N) is 1. The van der Waals surface area contributed by atoms with E-state index in [0.717, 1.165) is 26.1 Å². The Morgan fingerprint density at radius 3 is 2.82 bits per heavy atom. The van der Waals surface area contributed by atoms with E-state index in [1.165, 1.54) is 5.56 Å². The first-order valence-electron chi connectivity index (χ1n) is 7.53. The summed E-state index contributed by atoms with van der Waals surface area (Å²) in [6.07, 6.45) is 3.14. The molecule has 0 saturated carbocycles. The normalized spacial score (nSPS) is 17.4. The fourth-order valence-corrected chi connectivity index (χ4v) is 2.47. The maximum Gasteiger partial charge on any atom is 0.224 e. The lowest BCUT2D eigenvalue weighted by Crippen LogP contribution is -2.45. The molecular weight excluding hydrogens is 300 g/mol. The summed E-state index contributed by atoms with van der Waals surface area (Å²) in [7, 11) is 0. The van der Waals surface area contributed by atoms with Gasteiger partial charge in [0.25, 0.3) is 0 Å². The lowest BCUT2D eigenvalue weighted by molar-refractivity contribution is -0.131. The topological polar surface area (TPSA) is 41.6 Å². The number of hydrogen-bond acceptors (Lipinski definition) is 3. The molecular formula is C17H25ClN2O2. The Morgan fingerprint density at radius 2 is 2.18 bits per heavy atom. The molecule has 1 aliphatic rings. The van der Waals surface area contributed by atoms with Crippen LogP contribution in [-0.2, 0) is 16.0 Å². The Bertz CT molecular complexity index is 447. The highest BCUT2D eigenvalue weighted by Gasteiger charge is 2.20. The van der Waals surface area contributed by atoms with E-state index < -0.39 is 0 Å². The molecule has 1 saturated heterocycles. The highest BCUT2D eigenvalue weighted by Crippen LogP contribution is 2.06. The summed E-state index contributed by atoms with van der Waals surface area (Å²) in [6.45, 7) is 7.24. The molecule has 0 aliphatic carbocycles. The molecule has 1 fully saturated rings. The van der Waals surface area contributed by atoms with Gasteiger partial charge in [0.05, 0.1) is 13.2 Å². The van der Waals surface area contributed by atoms with Gasteiger partial charge in [0, 0.05) is 32.1 Å². The van der Waals surface area contributed by atoms with E-state index >= 15 is 0 Å². The van der Waals surface area contributed by atoms with Gasteiger partial charge >= 0.3 is 0 Å². The van der Waals surface area contributed by atoms with Gasteiger partial charge in [-0.3, -0.25) is 4.79 Å². The number of morpholine rings is 1. The molecule has 1 atom stereocenters. The quantitative estimate of drug-likeness (QED) is 0.780. The van der Waals surface area contributed by atoms with Crippen LogP contribution in [0.5, 0.6) is 0 Å². The largest absolute Gasteiger partial charge is 0.378 e. The monoisotopic (exact) mass is 324 g/mol. The van der Waals surface area contributed by atoms with Gasteiger partial charge in [0.15, 0.2) is 0 Å². The molecule has 0 bridgehead atoms. The summed E-state index contributed by atoms with van der Waals surface area (Å²) in [5.41, 5.74) is 1.25. The Kier molecular flexibility index (Phi) is 8.82. The molecule has 4 nitrogen and oxygen atoms in total. The van der Waals surface area contributed by atoms with E-state index in [9.17, 15) is 4.79 Å². The number of benzene rings is 1. The number of hydrogen-bond donors (Lipinski definition) is 1. The van der Waals surface area contributed by atoms with E-state index in [1.54, 1.807) is 6.08 Å². The molecule has 1 aromatic carbocycles. The van der Waals surface area contributed by atoms with Gasteiger partial charge < -0.3 is 15.0 Å². The zero-order valence-electron chi connectivity index (χ0n) is 12.9. The van der Waals surface area contributed by atoms with Crippen molar-refractivity contribution in [2.45, 2.75) is 18.9 Å². The van der Waals surface area contributed by atoms with Crippen molar-refractivity contribution in [3.05, 3.63) is 48.6 Å². The number of ether oxygens (including phenoxy) is 1. The maximum absolute atomic E-state index is 12.4. The van der Waals surface area contributed by atoms with E-state index in [4.69, 9.17) is 4.74 Å². The van der Waals surface area contributed by atoms with Gasteiger partial charge in [0.1, 0.15) is 0 Å². The predicted molar refractivity (Wildman–Crippen MR) is 91.4 cm³/mol. The Morgan fingerprint density at radius 1 is 1.41 bits per heavy atom. The highest BCUT2D eigenvalue weighted by molar-refractivity contribution is 5.85. The molecule has 5 heteroatoms. The molecule has 0 aromatic heterocycles. The van der Waals surface area contributed by atoms with Crippen molar-refractivity contribution in [3.8, 4) is 0 Å². The second kappa shape index (κ2) is 10.4. The first-order valence-corrected chi connectivity index (χ1v) is 7.53. The van der Waals surface area contributed by atoms with Gasteiger partial charge in [-0.05, 0) is 12.0 Å². The molecule has 0 radical (unpaired) electrons. The Hall–Kier alpha value is -1.36. The fraction of sp³-hybridized carbons (Fsp3) is 0.471. The number of halogens is 1. The van der Waals surface area contributed by atoms with Crippen LogP contribution in [0.25, 0.3) is 0 Å². The summed E-state index contributed by atoms with van der Waals surface area (Å²) < 4.78 is 5.40. The van der Waals surface area contributed by atoms with Crippen LogP contribution in [0.2, 0.25) is 0 Å². The summed E-state index contributed by atoms with van der Waals surface area (Å²) >= 11 is 0. The van der Waals surface area contributed by atoms with Crippen molar-refractivity contribution in [2.24, 2.45) is 0 Å². The Balaban J connectivity index is 0.00000242. The van der Waals surface area contributed by atoms with Crippen LogP contribution in [0, 0.1) is 0 Å². The third kappa shape index (κ3) is 6.18. The summed E-state index contributed by atoms with van der Waals surface area (Å²) in [4.78, 5) is 14.3. The number of carbonyl (C=O) groups excluding carboxylic acids is 1. The molecule has 1 aliphatic heterocycles. The highest BCUT2D eigenvalue weighted by atomic mass is 35.5. The van der Waals surface area contributed by atoms with Crippen LogP contribution in [-0.4, -0.2) is 49.7 Å². The minimum atomic E-state index is 0. The smallest absolute Gasteiger partial charge is 0.224 e. The van der Waals surface area contributed by atoms with E-state index in [0.29, 0.717) is 19.6 Å². The SMILES string of the molecule is C=CCN(CCc1ccccc1)C(=O)CC1COCCN1.Cl. The van der Waals surface area contributed by atoms with Gasteiger partial charge in [-0.2, -0.15) is 0 Å². The number of amides is 1. The van der Waals surface area contributed by atoms with Crippen molar-refractivity contribution >= 4 is 18.3 Å². The predicted octanol–water partition coefficient (Wildman–Crippen LogP) is 2.04. The van der Waals surface area contributed by atoms with Crippen LogP contribution in [0.15, 0.2) is 43.0 Å². The van der Waals surface area contributed by atoms with Crippen LogP contribution in [0.1, 0.15) is 12.0 Å². The summed E-state index contributed by atoms with van der Waals surface area (Å²) in [5, 5.41) is 3.32. The number of nitrogens with zero attached hydrogens (tertiary/aromatic N) is 1. The van der Waals surface area contributed by atoms with Crippen molar-refractivity contribution in [2.75, 3.05) is 32.8 Å². The van der Waals surface area contributed by atoms with Gasteiger partial charge in [-0.15, -0.1) is 19.0 Å². The van der Waals surface area contributed by atoms with Crippen LogP contribution in [0.4, 0.5) is 0 Å². The van der Waals surface area contributed by atoms with Crippen LogP contribution >= 0.6 is 12.4 Å². The minimum Gasteiger partial charge on any atom is -0.378 e. The number of carbonyl (C=O) groups is 1. The standard InChI is InChI=1S/C17H24N2O2.ClH/c1-2-10-19(11-8-15-6-4-3-5-7-15)17(20)13-16-14-21-12-9-18-16;/h2-7,16,18H,1,8-14H2;1H. The maximum atomic E-state index is 12.4. The average molecular weight is 325 g/mol. The molecule has 22 heavy (non-hydrogen) atoms. The molecule has 1 amide bonds. The third-order valence-electron chi connectivity index (χ3n) is 3.63. The van der Waals surface area contributed by atoms with Crippen LogP contribution < -0.4 is 5.32 Å². The molecule has 2 rings (SSSR count). The molecule has 0 spiro atoms. The fourth-order valence-electron chi connectivity index (χ4n) is 2.47. The van der Waals surface area contributed by atoms with Crippen molar-refractivity contribution in [1.82, 2.24) is 10.2 Å². The van der Waals surface area contributed by atoms with E-state index in [1.807, 2.05) is 23.1 Å². The second-order valence-electron chi connectivity index (χ2n) is 5.29. The zero-order valence-corrected chi connectivity index (χ0v) is 13.7. The summed E-state index contributed by atoms with van der Waals surface area (Å²) in [6, 6.07) is 10.4. The van der Waals surface area contributed by atoms with Gasteiger partial charge in [-0.1, -0.05) is 36.4 Å². The van der Waals surface area contributed by atoms with E-state index in [-0.39, 0.29) is 24.4 Å². The van der Waals surface area contributed by atoms with Gasteiger partial charge in [-0.25, -0.2) is 0 Å². The molecule has 1 aromatic rings. The zero-order chi connectivity index (χ0) is 14.9. The second-order valence-corrected chi connectivity index (χ2v) is 5.29. The molecule has 1 N–H and O–H groups in total. The van der Waals surface area contributed by atoms with Crippen molar-refractivity contribution < 1.29 is 9.53 Å². The molecule has 1 heterocycles. The van der Waals surface area contributed by atoms with Crippen molar-refractivity contribution in [3.63, 3.8) is 0 Å². The third-order valence-corrected chi connectivity index (χ3v) is 3.63. The lowest BCUT2D eigenvalue weighted by Gasteiger charge is -2.27. The first kappa shape index (κ1) is 18.7. The summed E-state index contributed by atoms with van der Waals surface area (Å²) in [5.74, 6) is 0.161. The average Bonchev–Trinajstić information content (AvgIpc) is 2.53. The van der Waals surface area contributed by atoms with Gasteiger partial charge in [0.2, 0.25) is 5.91 Å². The lowest BCUT2D eigenvalue weighted by atomic mass is 10.1.